The third-order valence-electron chi connectivity index (χ3n) is 6.18. The molecule has 2 bridgehead atoms. The van der Waals surface area contributed by atoms with Gasteiger partial charge in [0.15, 0.2) is 29.0 Å². The highest BCUT2D eigenvalue weighted by Gasteiger charge is 2.74. The lowest BCUT2D eigenvalue weighted by Gasteiger charge is -2.61. The molecule has 7 heteroatoms. The molecular formula is C19H20N2O5. The molecule has 2 aliphatic heterocycles. The quantitative estimate of drug-likeness (QED) is 0.774. The molecule has 4 atom stereocenters. The fourth-order valence-corrected chi connectivity index (χ4v) is 5.23. The second-order valence-corrected chi connectivity index (χ2v) is 7.37. The van der Waals surface area contributed by atoms with Crippen molar-refractivity contribution in [1.82, 2.24) is 10.2 Å². The van der Waals surface area contributed by atoms with Crippen LogP contribution in [0.15, 0.2) is 24.3 Å². The number of nitrogens with zero attached hydrogens (tertiary/aromatic N) is 1. The Kier molecular flexibility index (Phi) is 2.96. The van der Waals surface area contributed by atoms with Gasteiger partial charge in [-0.2, -0.15) is 0 Å². The molecule has 0 unspecified atom stereocenters. The summed E-state index contributed by atoms with van der Waals surface area (Å²) in [6, 6.07) is 3.78. The van der Waals surface area contributed by atoms with Gasteiger partial charge in [-0.3, -0.25) is 19.8 Å². The summed E-state index contributed by atoms with van der Waals surface area (Å²) in [4.78, 5) is 27.0. The molecule has 7 nitrogen and oxygen atoms in total. The van der Waals surface area contributed by atoms with Gasteiger partial charge in [-0.05, 0) is 37.3 Å². The highest BCUT2D eigenvalue weighted by molar-refractivity contribution is 5.99. The van der Waals surface area contributed by atoms with Crippen molar-refractivity contribution in [1.29, 1.82) is 0 Å². The minimum absolute atomic E-state index is 0.102. The molecule has 0 amide bonds. The van der Waals surface area contributed by atoms with Crippen molar-refractivity contribution in [2.45, 2.75) is 36.6 Å². The molecule has 26 heavy (non-hydrogen) atoms. The van der Waals surface area contributed by atoms with Crippen LogP contribution in [0.3, 0.4) is 0 Å². The average molecular weight is 356 g/mol. The summed E-state index contributed by atoms with van der Waals surface area (Å²) in [5.41, 5.74) is -0.00267. The minimum Gasteiger partial charge on any atom is -0.493 e. The molecule has 1 aromatic carbocycles. The van der Waals surface area contributed by atoms with Crippen LogP contribution in [0.25, 0.3) is 0 Å². The van der Waals surface area contributed by atoms with Crippen LogP contribution in [0.1, 0.15) is 18.1 Å². The van der Waals surface area contributed by atoms with Gasteiger partial charge < -0.3 is 14.2 Å². The number of carbonyl (C=O) groups excluding carboxylic acids is 2. The smallest absolute Gasteiger partial charge is 0.303 e. The van der Waals surface area contributed by atoms with Crippen molar-refractivity contribution in [3.63, 3.8) is 0 Å². The maximum atomic E-state index is 12.8. The van der Waals surface area contributed by atoms with Crippen molar-refractivity contribution in [2.24, 2.45) is 0 Å². The van der Waals surface area contributed by atoms with Crippen LogP contribution >= 0.6 is 0 Å². The number of likely N-dealkylation sites (N-methyl/N-ethyl adjacent to an activating group) is 1. The highest BCUT2D eigenvalue weighted by Crippen LogP contribution is 2.61. The number of ketones is 1. The molecule has 0 aromatic heterocycles. The third-order valence-corrected chi connectivity index (χ3v) is 6.18. The first-order chi connectivity index (χ1) is 12.4. The molecule has 1 aromatic rings. The van der Waals surface area contributed by atoms with E-state index in [0.717, 1.165) is 11.1 Å². The Hall–Kier alpha value is -2.38. The first-order valence-corrected chi connectivity index (χ1v) is 8.69. The molecule has 0 saturated carbocycles. The first kappa shape index (κ1) is 15.8. The van der Waals surface area contributed by atoms with Gasteiger partial charge in [0.1, 0.15) is 5.54 Å². The lowest BCUT2D eigenvalue weighted by atomic mass is 9.57. The van der Waals surface area contributed by atoms with Crippen LogP contribution in [0.2, 0.25) is 0 Å². The normalized spacial score (nSPS) is 36.3. The molecule has 4 aliphatic rings. The Morgan fingerprint density at radius 3 is 2.96 bits per heavy atom. The Balaban J connectivity index is 1.87. The van der Waals surface area contributed by atoms with E-state index >= 15 is 0 Å². The number of nitrogens with one attached hydrogen (secondary N) is 1. The number of benzene rings is 1. The molecule has 5 rings (SSSR count). The number of hydrogen-bond acceptors (Lipinski definition) is 7. The molecule has 1 N–H and O–H groups in total. The zero-order valence-electron chi connectivity index (χ0n) is 14.9. The van der Waals surface area contributed by atoms with E-state index in [1.165, 1.54) is 13.0 Å². The van der Waals surface area contributed by atoms with Crippen molar-refractivity contribution >= 4 is 11.8 Å². The second-order valence-electron chi connectivity index (χ2n) is 7.37. The van der Waals surface area contributed by atoms with Gasteiger partial charge in [0.05, 0.1) is 13.2 Å². The van der Waals surface area contributed by atoms with Crippen molar-refractivity contribution in [3.8, 4) is 11.5 Å². The number of carbonyl (C=O) groups is 2. The van der Waals surface area contributed by atoms with E-state index in [2.05, 4.69) is 10.2 Å². The lowest BCUT2D eigenvalue weighted by Crippen LogP contribution is -2.81. The van der Waals surface area contributed by atoms with E-state index in [1.54, 1.807) is 13.2 Å². The van der Waals surface area contributed by atoms with Gasteiger partial charge in [0.25, 0.3) is 0 Å². The van der Waals surface area contributed by atoms with E-state index in [9.17, 15) is 9.59 Å². The van der Waals surface area contributed by atoms with Crippen LogP contribution in [-0.4, -0.2) is 55.2 Å². The second kappa shape index (κ2) is 4.86. The van der Waals surface area contributed by atoms with E-state index < -0.39 is 17.2 Å². The zero-order valence-corrected chi connectivity index (χ0v) is 14.9. The minimum atomic E-state index is -1.02. The van der Waals surface area contributed by atoms with Gasteiger partial charge >= 0.3 is 5.97 Å². The van der Waals surface area contributed by atoms with Gasteiger partial charge in [0.2, 0.25) is 0 Å². The predicted octanol–water partition coefficient (Wildman–Crippen LogP) is 0.509. The van der Waals surface area contributed by atoms with E-state index in [4.69, 9.17) is 14.2 Å². The lowest BCUT2D eigenvalue weighted by molar-refractivity contribution is -0.195. The van der Waals surface area contributed by atoms with Crippen LogP contribution in [0.5, 0.6) is 11.5 Å². The molecular weight excluding hydrogens is 336 g/mol. The monoisotopic (exact) mass is 356 g/mol. The Bertz CT molecular complexity index is 881. The first-order valence-electron chi connectivity index (χ1n) is 8.69. The molecule has 136 valence electrons. The van der Waals surface area contributed by atoms with Crippen LogP contribution in [0.4, 0.5) is 0 Å². The van der Waals surface area contributed by atoms with Crippen LogP contribution in [-0.2, 0) is 26.3 Å². The molecule has 0 radical (unpaired) electrons. The van der Waals surface area contributed by atoms with Crippen LogP contribution < -0.4 is 14.8 Å². The van der Waals surface area contributed by atoms with Crippen molar-refractivity contribution in [3.05, 3.63) is 35.4 Å². The summed E-state index contributed by atoms with van der Waals surface area (Å²) < 4.78 is 17.6. The standard InChI is InChI=1S/C19H20N2O5/c1-10(22)26-18-7-6-12(23)17-19(18)15-11(8-14(18)21(2)9-20-19)4-5-13(24-3)16(15)25-17/h4-7,14,17,20H,8-9H2,1-3H3/t14-,17+,18-,19-/m1/s1. The molecule has 1 spiro atoms. The Labute approximate surface area is 150 Å². The summed E-state index contributed by atoms with van der Waals surface area (Å²) >= 11 is 0. The third kappa shape index (κ3) is 1.57. The number of rotatable bonds is 2. The van der Waals surface area contributed by atoms with E-state index in [-0.39, 0.29) is 17.8 Å². The fourth-order valence-electron chi connectivity index (χ4n) is 5.23. The number of ether oxygens (including phenoxy) is 3. The fraction of sp³-hybridized carbons (Fsp3) is 0.474. The van der Waals surface area contributed by atoms with Crippen molar-refractivity contribution in [2.75, 3.05) is 20.8 Å². The van der Waals surface area contributed by atoms with Gasteiger partial charge in [-0.15, -0.1) is 0 Å². The summed E-state index contributed by atoms with van der Waals surface area (Å²) in [5.74, 6) is 0.619. The summed E-state index contributed by atoms with van der Waals surface area (Å²) in [7, 11) is 3.56. The highest BCUT2D eigenvalue weighted by atomic mass is 16.6. The van der Waals surface area contributed by atoms with E-state index in [1.807, 2.05) is 19.2 Å². The van der Waals surface area contributed by atoms with Gasteiger partial charge in [0, 0.05) is 19.2 Å². The van der Waals surface area contributed by atoms with Crippen LogP contribution in [0, 0.1) is 0 Å². The maximum Gasteiger partial charge on any atom is 0.303 e. The molecule has 1 saturated heterocycles. The zero-order chi connectivity index (χ0) is 18.3. The molecule has 2 heterocycles. The van der Waals surface area contributed by atoms with Gasteiger partial charge in [-0.25, -0.2) is 0 Å². The summed E-state index contributed by atoms with van der Waals surface area (Å²) in [5, 5.41) is 3.50. The number of esters is 1. The average Bonchev–Trinajstić information content (AvgIpc) is 2.96. The Morgan fingerprint density at radius 1 is 1.42 bits per heavy atom. The van der Waals surface area contributed by atoms with E-state index in [0.29, 0.717) is 24.6 Å². The number of methoxy groups -OCH3 is 1. The largest absolute Gasteiger partial charge is 0.493 e. The molecule has 1 fully saturated rings. The predicted molar refractivity (Wildman–Crippen MR) is 91.0 cm³/mol. The van der Waals surface area contributed by atoms with Gasteiger partial charge in [-0.1, -0.05) is 6.07 Å². The summed E-state index contributed by atoms with van der Waals surface area (Å²) in [6.07, 6.45) is 3.13. The Morgan fingerprint density at radius 2 is 2.23 bits per heavy atom. The summed E-state index contributed by atoms with van der Waals surface area (Å²) in [6.45, 7) is 1.96. The SMILES string of the molecule is COc1ccc2c3c1O[C@H]1C(=O)C=C[C@@]4(OC(C)=O)[C@@H](C2)N(C)CN[C@]314. The molecule has 2 aliphatic carbocycles. The van der Waals surface area contributed by atoms with Crippen molar-refractivity contribution < 1.29 is 23.8 Å². The number of hydrogen-bond donors (Lipinski definition) is 1. The maximum absolute atomic E-state index is 12.8. The topological polar surface area (TPSA) is 77.1 Å².